The summed E-state index contributed by atoms with van der Waals surface area (Å²) in [5.74, 6) is -1.38. The maximum absolute atomic E-state index is 12.4. The lowest BCUT2D eigenvalue weighted by Crippen LogP contribution is -2.30. The Hall–Kier alpha value is -3.34. The van der Waals surface area contributed by atoms with Crippen molar-refractivity contribution < 1.29 is 19.4 Å². The van der Waals surface area contributed by atoms with Crippen LogP contribution < -0.4 is 5.32 Å². The van der Waals surface area contributed by atoms with Crippen molar-refractivity contribution in [3.05, 3.63) is 72.3 Å². The Bertz CT molecular complexity index is 930. The van der Waals surface area contributed by atoms with Crippen LogP contribution in [0.25, 0.3) is 10.8 Å². The number of carbonyl (C=O) groups is 2. The number of ether oxygens (including phenoxy) is 1. The lowest BCUT2D eigenvalue weighted by atomic mass is 10.1. The van der Waals surface area contributed by atoms with Crippen molar-refractivity contribution in [2.24, 2.45) is 0 Å². The number of anilines is 1. The fourth-order valence-electron chi connectivity index (χ4n) is 2.49. The highest BCUT2D eigenvalue weighted by Gasteiger charge is 2.21. The van der Waals surface area contributed by atoms with Crippen LogP contribution in [0.1, 0.15) is 17.3 Å². The number of phenols is 1. The molecule has 0 radical (unpaired) electrons. The second kappa shape index (κ2) is 7.05. The fraction of sp³-hybridized carbons (Fsp3) is 0.100. The number of para-hydroxylation sites is 1. The average molecular weight is 335 g/mol. The van der Waals surface area contributed by atoms with Gasteiger partial charge in [0.25, 0.3) is 5.91 Å². The van der Waals surface area contributed by atoms with Crippen molar-refractivity contribution in [3.8, 4) is 5.75 Å². The van der Waals surface area contributed by atoms with Gasteiger partial charge in [0.05, 0.1) is 0 Å². The molecule has 0 bridgehead atoms. The van der Waals surface area contributed by atoms with Crippen molar-refractivity contribution in [2.45, 2.75) is 13.0 Å². The molecule has 25 heavy (non-hydrogen) atoms. The number of nitrogens with one attached hydrogen (secondary N) is 1. The van der Waals surface area contributed by atoms with Gasteiger partial charge >= 0.3 is 5.97 Å². The summed E-state index contributed by atoms with van der Waals surface area (Å²) in [4.78, 5) is 24.4. The van der Waals surface area contributed by atoms with Gasteiger partial charge in [0, 0.05) is 11.1 Å². The molecule has 0 fully saturated rings. The van der Waals surface area contributed by atoms with Gasteiger partial charge in [-0.1, -0.05) is 48.5 Å². The van der Waals surface area contributed by atoms with E-state index in [0.717, 1.165) is 10.8 Å². The Morgan fingerprint density at radius 2 is 1.64 bits per heavy atom. The minimum atomic E-state index is -1.01. The molecule has 2 N–H and O–H groups in total. The molecule has 0 heterocycles. The molecule has 0 spiro atoms. The van der Waals surface area contributed by atoms with Crippen molar-refractivity contribution >= 4 is 28.3 Å². The molecule has 0 aliphatic rings. The second-order valence-electron chi connectivity index (χ2n) is 5.58. The van der Waals surface area contributed by atoms with Gasteiger partial charge in [-0.2, -0.15) is 0 Å². The number of fused-ring (bicyclic) bond motifs is 1. The maximum Gasteiger partial charge on any atom is 0.342 e. The highest BCUT2D eigenvalue weighted by atomic mass is 16.5. The molecule has 1 amide bonds. The lowest BCUT2D eigenvalue weighted by molar-refractivity contribution is -0.123. The van der Waals surface area contributed by atoms with Crippen LogP contribution >= 0.6 is 0 Å². The van der Waals surface area contributed by atoms with Gasteiger partial charge < -0.3 is 15.2 Å². The van der Waals surface area contributed by atoms with E-state index in [4.69, 9.17) is 4.74 Å². The first-order chi connectivity index (χ1) is 12.1. The molecule has 1 atom stereocenters. The van der Waals surface area contributed by atoms with Crippen LogP contribution in [0.4, 0.5) is 5.69 Å². The lowest BCUT2D eigenvalue weighted by Gasteiger charge is -2.15. The third-order valence-corrected chi connectivity index (χ3v) is 3.82. The number of esters is 1. The Balaban J connectivity index is 1.72. The molecule has 0 aliphatic heterocycles. The van der Waals surface area contributed by atoms with Gasteiger partial charge in [0.1, 0.15) is 11.3 Å². The summed E-state index contributed by atoms with van der Waals surface area (Å²) >= 11 is 0. The highest BCUT2D eigenvalue weighted by molar-refractivity contribution is 6.04. The first-order valence-corrected chi connectivity index (χ1v) is 7.84. The van der Waals surface area contributed by atoms with Gasteiger partial charge in [-0.05, 0) is 30.5 Å². The third-order valence-electron chi connectivity index (χ3n) is 3.82. The summed E-state index contributed by atoms with van der Waals surface area (Å²) < 4.78 is 5.15. The van der Waals surface area contributed by atoms with Crippen LogP contribution in [0.15, 0.2) is 66.7 Å². The molecule has 0 aromatic heterocycles. The largest absolute Gasteiger partial charge is 0.507 e. The van der Waals surface area contributed by atoms with Crippen molar-refractivity contribution in [1.29, 1.82) is 0 Å². The van der Waals surface area contributed by atoms with Crippen LogP contribution in [0.3, 0.4) is 0 Å². The Labute approximate surface area is 144 Å². The van der Waals surface area contributed by atoms with Crippen molar-refractivity contribution in [2.75, 3.05) is 5.32 Å². The van der Waals surface area contributed by atoms with Crippen molar-refractivity contribution in [1.82, 2.24) is 0 Å². The predicted octanol–water partition coefficient (Wildman–Crippen LogP) is 3.73. The van der Waals surface area contributed by atoms with E-state index in [1.807, 2.05) is 36.4 Å². The first-order valence-electron chi connectivity index (χ1n) is 7.84. The summed E-state index contributed by atoms with van der Waals surface area (Å²) in [5.41, 5.74) is 0.667. The molecule has 0 saturated carbocycles. The number of amides is 1. The summed E-state index contributed by atoms with van der Waals surface area (Å²) in [7, 11) is 0. The van der Waals surface area contributed by atoms with Gasteiger partial charge in [0.15, 0.2) is 6.10 Å². The van der Waals surface area contributed by atoms with E-state index in [2.05, 4.69) is 5.32 Å². The van der Waals surface area contributed by atoms with Crippen LogP contribution in [0.2, 0.25) is 0 Å². The number of benzene rings is 3. The Morgan fingerprint density at radius 3 is 2.44 bits per heavy atom. The topological polar surface area (TPSA) is 75.6 Å². The van der Waals surface area contributed by atoms with Gasteiger partial charge in [0.2, 0.25) is 0 Å². The average Bonchev–Trinajstić information content (AvgIpc) is 2.62. The molecule has 126 valence electrons. The van der Waals surface area contributed by atoms with E-state index >= 15 is 0 Å². The van der Waals surface area contributed by atoms with E-state index < -0.39 is 18.0 Å². The van der Waals surface area contributed by atoms with E-state index in [9.17, 15) is 14.7 Å². The number of aromatic hydroxyl groups is 1. The van der Waals surface area contributed by atoms with Crippen molar-refractivity contribution in [3.63, 3.8) is 0 Å². The molecular weight excluding hydrogens is 318 g/mol. The van der Waals surface area contributed by atoms with Crippen LogP contribution in [-0.2, 0) is 9.53 Å². The molecule has 3 rings (SSSR count). The van der Waals surface area contributed by atoms with E-state index in [0.29, 0.717) is 5.69 Å². The monoisotopic (exact) mass is 335 g/mol. The van der Waals surface area contributed by atoms with Gasteiger partial charge in [-0.3, -0.25) is 4.79 Å². The normalized spacial score (nSPS) is 11.7. The number of phenolic OH excluding ortho intramolecular Hbond substituents is 1. The number of hydrogen-bond acceptors (Lipinski definition) is 4. The maximum atomic E-state index is 12.4. The number of hydrogen-bond donors (Lipinski definition) is 2. The van der Waals surface area contributed by atoms with Crippen LogP contribution in [-0.4, -0.2) is 23.1 Å². The smallest absolute Gasteiger partial charge is 0.342 e. The molecular formula is C20H17NO4. The number of carbonyl (C=O) groups excluding carboxylic acids is 2. The zero-order chi connectivity index (χ0) is 17.8. The SMILES string of the molecule is C[C@@H](OC(=O)c1ccccc1O)C(=O)Nc1cccc2ccccc12. The van der Waals surface area contributed by atoms with E-state index in [1.54, 1.807) is 18.2 Å². The minimum absolute atomic E-state index is 0.0207. The molecule has 0 saturated heterocycles. The standard InChI is InChI=1S/C20H17NO4/c1-13(25-20(24)16-10-4-5-12-18(16)22)19(23)21-17-11-6-8-14-7-2-3-9-15(14)17/h2-13,22H,1H3,(H,21,23)/t13-/m1/s1. The van der Waals surface area contributed by atoms with Crippen LogP contribution in [0.5, 0.6) is 5.75 Å². The Morgan fingerprint density at radius 1 is 0.960 bits per heavy atom. The van der Waals surface area contributed by atoms with E-state index in [-0.39, 0.29) is 11.3 Å². The molecule has 0 aliphatic carbocycles. The van der Waals surface area contributed by atoms with Gasteiger partial charge in [-0.25, -0.2) is 4.79 Å². The summed E-state index contributed by atoms with van der Waals surface area (Å²) in [6, 6.07) is 19.3. The third kappa shape index (κ3) is 3.61. The first kappa shape index (κ1) is 16.5. The van der Waals surface area contributed by atoms with E-state index in [1.165, 1.54) is 19.1 Å². The molecule has 5 nitrogen and oxygen atoms in total. The quantitative estimate of drug-likeness (QED) is 0.712. The summed E-state index contributed by atoms with van der Waals surface area (Å²) in [5, 5.41) is 14.4. The predicted molar refractivity (Wildman–Crippen MR) is 95.6 cm³/mol. The fourth-order valence-corrected chi connectivity index (χ4v) is 2.49. The minimum Gasteiger partial charge on any atom is -0.507 e. The Kier molecular flexibility index (Phi) is 4.66. The molecule has 0 unspecified atom stereocenters. The second-order valence-corrected chi connectivity index (χ2v) is 5.58. The molecule has 5 heteroatoms. The zero-order valence-corrected chi connectivity index (χ0v) is 13.6. The van der Waals surface area contributed by atoms with Gasteiger partial charge in [-0.15, -0.1) is 0 Å². The zero-order valence-electron chi connectivity index (χ0n) is 13.6. The number of rotatable bonds is 4. The highest BCUT2D eigenvalue weighted by Crippen LogP contribution is 2.23. The summed E-state index contributed by atoms with van der Waals surface area (Å²) in [6.45, 7) is 1.48. The molecule has 3 aromatic rings. The van der Waals surface area contributed by atoms with Crippen LogP contribution in [0, 0.1) is 0 Å². The summed E-state index contributed by atoms with van der Waals surface area (Å²) in [6.07, 6.45) is -1.01. The molecule has 3 aromatic carbocycles.